The molecule has 0 aliphatic carbocycles. The van der Waals surface area contributed by atoms with Crippen molar-refractivity contribution < 1.29 is 14.4 Å². The van der Waals surface area contributed by atoms with E-state index in [9.17, 15) is 14.7 Å². The number of likely N-dealkylation sites (tertiary alicyclic amines) is 1. The van der Waals surface area contributed by atoms with Gasteiger partial charge in [-0.2, -0.15) is 5.26 Å². The Kier molecular flexibility index (Phi) is 3.46. The van der Waals surface area contributed by atoms with Gasteiger partial charge in [0.25, 0.3) is 5.91 Å². The maximum absolute atomic E-state index is 13.0. The second-order valence-electron chi connectivity index (χ2n) is 7.35. The first kappa shape index (κ1) is 17.2. The van der Waals surface area contributed by atoms with E-state index < -0.39 is 6.04 Å². The van der Waals surface area contributed by atoms with Crippen LogP contribution in [0.3, 0.4) is 0 Å². The van der Waals surface area contributed by atoms with Gasteiger partial charge in [0.05, 0.1) is 24.0 Å². The molecule has 2 atom stereocenters. The van der Waals surface area contributed by atoms with Crippen molar-refractivity contribution in [1.29, 1.82) is 5.26 Å². The third-order valence-corrected chi connectivity index (χ3v) is 5.59. The van der Waals surface area contributed by atoms with Crippen LogP contribution in [0.2, 0.25) is 0 Å². The molecule has 3 aromatic heterocycles. The summed E-state index contributed by atoms with van der Waals surface area (Å²) in [5.41, 5.74) is 1.45. The topological polar surface area (TPSA) is 130 Å². The number of rotatable bonds is 2. The zero-order chi connectivity index (χ0) is 20.4. The van der Waals surface area contributed by atoms with E-state index in [4.69, 9.17) is 9.78 Å². The van der Waals surface area contributed by atoms with Crippen LogP contribution < -0.4 is 5.69 Å². The average Bonchev–Trinajstić information content (AvgIpc) is 3.45. The number of hydrogen-bond acceptors (Lipinski definition) is 7. The lowest BCUT2D eigenvalue weighted by Gasteiger charge is -2.26. The van der Waals surface area contributed by atoms with Gasteiger partial charge >= 0.3 is 5.69 Å². The van der Waals surface area contributed by atoms with Crippen molar-refractivity contribution in [3.05, 3.63) is 57.2 Å². The van der Waals surface area contributed by atoms with E-state index in [0.717, 1.165) is 0 Å². The second kappa shape index (κ2) is 5.81. The summed E-state index contributed by atoms with van der Waals surface area (Å²) >= 11 is 0. The highest BCUT2D eigenvalue weighted by Gasteiger charge is 2.49. The summed E-state index contributed by atoms with van der Waals surface area (Å²) in [4.78, 5) is 31.5. The van der Waals surface area contributed by atoms with Gasteiger partial charge in [0.15, 0.2) is 5.69 Å². The molecule has 0 aromatic carbocycles. The van der Waals surface area contributed by atoms with Crippen molar-refractivity contribution >= 4 is 5.91 Å². The van der Waals surface area contributed by atoms with E-state index in [-0.39, 0.29) is 34.9 Å². The normalized spacial score (nSPS) is 19.4. The van der Waals surface area contributed by atoms with Gasteiger partial charge in [0, 0.05) is 12.6 Å². The Bertz CT molecular complexity index is 1280. The molecule has 2 unspecified atom stereocenters. The van der Waals surface area contributed by atoms with Gasteiger partial charge in [-0.1, -0.05) is 5.16 Å². The Morgan fingerprint density at radius 3 is 2.83 bits per heavy atom. The molecule has 1 saturated heterocycles. The van der Waals surface area contributed by atoms with Crippen molar-refractivity contribution in [2.24, 2.45) is 0 Å². The summed E-state index contributed by atoms with van der Waals surface area (Å²) < 4.78 is 7.71. The molecule has 3 aromatic rings. The first-order valence-electron chi connectivity index (χ1n) is 9.08. The predicted molar refractivity (Wildman–Crippen MR) is 97.6 cm³/mol. The van der Waals surface area contributed by atoms with Gasteiger partial charge in [0.1, 0.15) is 23.2 Å². The Morgan fingerprint density at radius 1 is 1.38 bits per heavy atom. The quantitative estimate of drug-likeness (QED) is 0.697. The van der Waals surface area contributed by atoms with Crippen LogP contribution in [-0.2, 0) is 0 Å². The van der Waals surface area contributed by atoms with E-state index in [1.807, 2.05) is 6.07 Å². The molecule has 0 spiro atoms. The molecule has 2 aliphatic rings. The summed E-state index contributed by atoms with van der Waals surface area (Å²) in [7, 11) is 0. The first-order chi connectivity index (χ1) is 13.9. The maximum Gasteiger partial charge on any atom is 0.336 e. The highest BCUT2D eigenvalue weighted by atomic mass is 16.5. The molecular formula is C19H16N6O4. The van der Waals surface area contributed by atoms with Crippen LogP contribution >= 0.6 is 0 Å². The summed E-state index contributed by atoms with van der Waals surface area (Å²) in [6, 6.07) is 4.53. The Balaban J connectivity index is 1.58. The van der Waals surface area contributed by atoms with Gasteiger partial charge < -0.3 is 14.5 Å². The molecule has 2 aliphatic heterocycles. The average molecular weight is 392 g/mol. The lowest BCUT2D eigenvalue weighted by Crippen LogP contribution is -2.38. The van der Waals surface area contributed by atoms with Crippen molar-refractivity contribution in [1.82, 2.24) is 24.2 Å². The van der Waals surface area contributed by atoms with E-state index in [0.29, 0.717) is 35.7 Å². The number of carbonyl (C=O) groups is 1. The number of carbonyl (C=O) groups excluding carboxylic acids is 1. The Hall–Kier alpha value is -3.87. The van der Waals surface area contributed by atoms with Crippen LogP contribution in [0, 0.1) is 25.2 Å². The van der Waals surface area contributed by atoms with Crippen LogP contribution in [0.15, 0.2) is 27.6 Å². The minimum atomic E-state index is -0.425. The summed E-state index contributed by atoms with van der Waals surface area (Å²) in [6.45, 7) is 3.78. The number of aromatic hydroxyl groups is 1. The second-order valence-corrected chi connectivity index (χ2v) is 7.35. The number of pyridine rings is 1. The fourth-order valence-electron chi connectivity index (χ4n) is 4.32. The molecule has 10 nitrogen and oxygen atoms in total. The number of hydrogen-bond donors (Lipinski definition) is 1. The highest BCUT2D eigenvalue weighted by Crippen LogP contribution is 2.48. The van der Waals surface area contributed by atoms with Gasteiger partial charge in [-0.05, 0) is 31.9 Å². The fourth-order valence-corrected chi connectivity index (χ4v) is 4.32. The molecule has 29 heavy (non-hydrogen) atoms. The number of fused-ring (bicyclic) bond motifs is 5. The van der Waals surface area contributed by atoms with Gasteiger partial charge in [-0.25, -0.2) is 14.3 Å². The zero-order valence-electron chi connectivity index (χ0n) is 15.7. The molecule has 2 bridgehead atoms. The smallest absolute Gasteiger partial charge is 0.336 e. The van der Waals surface area contributed by atoms with E-state index in [1.54, 1.807) is 35.4 Å². The van der Waals surface area contributed by atoms with Crippen molar-refractivity contribution in [2.75, 3.05) is 6.54 Å². The van der Waals surface area contributed by atoms with E-state index in [1.165, 1.54) is 10.8 Å². The van der Waals surface area contributed by atoms with Crippen LogP contribution in [-0.4, -0.2) is 41.7 Å². The third kappa shape index (κ3) is 2.27. The van der Waals surface area contributed by atoms with E-state index >= 15 is 0 Å². The molecule has 10 heteroatoms. The molecule has 5 rings (SSSR count). The van der Waals surface area contributed by atoms with Crippen LogP contribution in [0.4, 0.5) is 0 Å². The van der Waals surface area contributed by atoms with Crippen LogP contribution in [0.1, 0.15) is 51.7 Å². The number of nitriles is 1. The zero-order valence-corrected chi connectivity index (χ0v) is 15.7. The number of aromatic nitrogens is 4. The SMILES string of the molecule is Cc1cc(C(=O)N2CC3CC2c2c(O)n(-c4cnc(C#N)c(C)c4)c(=O)n23)no1. The lowest BCUT2D eigenvalue weighted by molar-refractivity contribution is 0.0700. The molecule has 1 fully saturated rings. The summed E-state index contributed by atoms with van der Waals surface area (Å²) in [5.74, 6) is 0.0191. The molecule has 1 N–H and O–H groups in total. The molecular weight excluding hydrogens is 376 g/mol. The standard InChI is InChI=1S/C19H16N6O4/c1-9-3-11(7-21-14(9)6-20)25-18(27)16-15-5-12(24(16)19(25)28)8-23(15)17(26)13-4-10(2)29-22-13/h3-4,7,12,15,27H,5,8H2,1-2H3. The lowest BCUT2D eigenvalue weighted by atomic mass is 10.2. The molecule has 0 saturated carbocycles. The molecule has 146 valence electrons. The summed E-state index contributed by atoms with van der Waals surface area (Å²) in [5, 5.41) is 23.7. The first-order valence-corrected chi connectivity index (χ1v) is 9.08. The predicted octanol–water partition coefficient (Wildman–Crippen LogP) is 1.36. The third-order valence-electron chi connectivity index (χ3n) is 5.59. The molecule has 0 radical (unpaired) electrons. The van der Waals surface area contributed by atoms with Crippen molar-refractivity contribution in [2.45, 2.75) is 32.4 Å². The number of aryl methyl sites for hydroxylation is 2. The Labute approximate surface area is 164 Å². The highest BCUT2D eigenvalue weighted by molar-refractivity contribution is 5.93. The van der Waals surface area contributed by atoms with Crippen molar-refractivity contribution in [3.63, 3.8) is 0 Å². The van der Waals surface area contributed by atoms with Gasteiger partial charge in [-0.15, -0.1) is 0 Å². The molecule has 5 heterocycles. The molecule has 1 amide bonds. The summed E-state index contributed by atoms with van der Waals surface area (Å²) in [6.07, 6.45) is 1.94. The minimum absolute atomic E-state index is 0.204. The monoisotopic (exact) mass is 392 g/mol. The maximum atomic E-state index is 13.0. The number of imidazole rings is 1. The van der Waals surface area contributed by atoms with Gasteiger partial charge in [0.2, 0.25) is 5.88 Å². The van der Waals surface area contributed by atoms with Crippen LogP contribution in [0.25, 0.3) is 5.69 Å². The van der Waals surface area contributed by atoms with E-state index in [2.05, 4.69) is 10.1 Å². The fraction of sp³-hybridized carbons (Fsp3) is 0.316. The largest absolute Gasteiger partial charge is 0.493 e. The van der Waals surface area contributed by atoms with Crippen molar-refractivity contribution in [3.8, 4) is 17.6 Å². The number of nitrogens with zero attached hydrogens (tertiary/aromatic N) is 6. The Morgan fingerprint density at radius 2 is 2.17 bits per heavy atom. The minimum Gasteiger partial charge on any atom is -0.493 e. The number of amides is 1. The van der Waals surface area contributed by atoms with Crippen LogP contribution in [0.5, 0.6) is 5.88 Å². The van der Waals surface area contributed by atoms with Gasteiger partial charge in [-0.3, -0.25) is 9.36 Å².